The van der Waals surface area contributed by atoms with Gasteiger partial charge in [0.2, 0.25) is 5.91 Å². The second-order valence-corrected chi connectivity index (χ2v) is 7.56. The Balaban J connectivity index is 0.00000192. The number of hydrogen-bond donors (Lipinski definition) is 2. The van der Waals surface area contributed by atoms with E-state index >= 15 is 0 Å². The number of nitrogens with one attached hydrogen (secondary N) is 1. The van der Waals surface area contributed by atoms with Crippen LogP contribution in [0.25, 0.3) is 0 Å². The Morgan fingerprint density at radius 3 is 2.57 bits per heavy atom. The van der Waals surface area contributed by atoms with Gasteiger partial charge in [0.15, 0.2) is 0 Å². The first-order chi connectivity index (χ1) is 10.5. The number of hydrogen-bond acceptors (Lipinski definition) is 4. The molecule has 3 aliphatic rings. The minimum absolute atomic E-state index is 0. The molecule has 2 aliphatic heterocycles. The number of nitrogens with zero attached hydrogens (tertiary/aromatic N) is 1. The van der Waals surface area contributed by atoms with Crippen molar-refractivity contribution in [2.24, 2.45) is 10.8 Å². The van der Waals surface area contributed by atoms with E-state index < -0.39 is 0 Å². The Bertz CT molecular complexity index is 416. The minimum Gasteiger partial charge on any atom is -0.392 e. The molecule has 5 nitrogen and oxygen atoms in total. The molecule has 2 N–H and O–H groups in total. The van der Waals surface area contributed by atoms with E-state index in [-0.39, 0.29) is 41.4 Å². The maximum atomic E-state index is 12.9. The summed E-state index contributed by atoms with van der Waals surface area (Å²) in [5, 5.41) is 13.6. The summed E-state index contributed by atoms with van der Waals surface area (Å²) in [6.07, 6.45) is 4.46. The van der Waals surface area contributed by atoms with Crippen molar-refractivity contribution in [3.63, 3.8) is 0 Å². The number of likely N-dealkylation sites (tertiary alicyclic amines) is 1. The highest BCUT2D eigenvalue weighted by Gasteiger charge is 2.56. The molecule has 0 aromatic rings. The van der Waals surface area contributed by atoms with Crippen molar-refractivity contribution in [1.29, 1.82) is 0 Å². The lowest BCUT2D eigenvalue weighted by Gasteiger charge is -2.57. The van der Waals surface area contributed by atoms with Gasteiger partial charge in [0.1, 0.15) is 0 Å². The number of halogens is 1. The molecule has 134 valence electrons. The average molecular weight is 347 g/mol. The zero-order valence-corrected chi connectivity index (χ0v) is 15.2. The quantitative estimate of drug-likeness (QED) is 0.814. The van der Waals surface area contributed by atoms with Crippen LogP contribution in [0, 0.1) is 10.8 Å². The van der Waals surface area contributed by atoms with Gasteiger partial charge in [-0.25, -0.2) is 0 Å². The fourth-order valence-electron chi connectivity index (χ4n) is 4.56. The zero-order chi connectivity index (χ0) is 15.8. The standard InChI is InChI=1S/C17H30N2O3.ClH/c1-3-22-14-11-13(20)17(14)6-9-19(10-7-17)15(21)16(2)5-4-8-18-12-16;/h13-14,18,20H,3-12H2,1-2H3;1H. The third-order valence-corrected chi connectivity index (χ3v) is 6.21. The van der Waals surface area contributed by atoms with Crippen LogP contribution in [-0.4, -0.2) is 60.9 Å². The SMILES string of the molecule is CCOC1CC(O)C12CCN(C(=O)C1(C)CCCNC1)CC2.Cl. The molecule has 3 atom stereocenters. The summed E-state index contributed by atoms with van der Waals surface area (Å²) < 4.78 is 5.80. The molecule has 1 spiro atoms. The summed E-state index contributed by atoms with van der Waals surface area (Å²) >= 11 is 0. The summed E-state index contributed by atoms with van der Waals surface area (Å²) in [5.74, 6) is 0.288. The van der Waals surface area contributed by atoms with Crippen molar-refractivity contribution in [3.05, 3.63) is 0 Å². The summed E-state index contributed by atoms with van der Waals surface area (Å²) in [7, 11) is 0. The molecule has 3 fully saturated rings. The highest BCUT2D eigenvalue weighted by molar-refractivity contribution is 5.85. The van der Waals surface area contributed by atoms with E-state index in [4.69, 9.17) is 4.74 Å². The largest absolute Gasteiger partial charge is 0.392 e. The lowest BCUT2D eigenvalue weighted by atomic mass is 9.58. The third-order valence-electron chi connectivity index (χ3n) is 6.21. The minimum atomic E-state index is -0.256. The molecule has 0 bridgehead atoms. The molecule has 0 aromatic heterocycles. The van der Waals surface area contributed by atoms with E-state index in [0.717, 1.165) is 58.3 Å². The van der Waals surface area contributed by atoms with E-state index in [1.165, 1.54) is 0 Å². The van der Waals surface area contributed by atoms with Crippen molar-refractivity contribution >= 4 is 18.3 Å². The van der Waals surface area contributed by atoms with Crippen molar-refractivity contribution in [3.8, 4) is 0 Å². The average Bonchev–Trinajstić information content (AvgIpc) is 2.55. The molecule has 0 radical (unpaired) electrons. The Labute approximate surface area is 145 Å². The number of carbonyl (C=O) groups excluding carboxylic acids is 1. The molecule has 3 rings (SSSR count). The number of aliphatic hydroxyl groups is 1. The van der Waals surface area contributed by atoms with Crippen molar-refractivity contribution in [2.75, 3.05) is 32.8 Å². The van der Waals surface area contributed by atoms with Crippen LogP contribution in [0.2, 0.25) is 0 Å². The number of piperidine rings is 2. The van der Waals surface area contributed by atoms with Gasteiger partial charge in [-0.05, 0) is 46.1 Å². The third kappa shape index (κ3) is 3.26. The number of amides is 1. The predicted octanol–water partition coefficient (Wildman–Crippen LogP) is 1.58. The van der Waals surface area contributed by atoms with Gasteiger partial charge in [0, 0.05) is 38.1 Å². The first kappa shape index (κ1) is 19.0. The van der Waals surface area contributed by atoms with Crippen molar-refractivity contribution in [2.45, 2.75) is 58.2 Å². The van der Waals surface area contributed by atoms with Crippen LogP contribution < -0.4 is 5.32 Å². The van der Waals surface area contributed by atoms with Gasteiger partial charge < -0.3 is 20.1 Å². The molecular formula is C17H31ClN2O3. The summed E-state index contributed by atoms with van der Waals surface area (Å²) in [6, 6.07) is 0. The van der Waals surface area contributed by atoms with Gasteiger partial charge in [-0.2, -0.15) is 0 Å². The van der Waals surface area contributed by atoms with Gasteiger partial charge in [-0.15, -0.1) is 12.4 Å². The normalized spacial score (nSPS) is 36.2. The number of rotatable bonds is 3. The molecule has 3 unspecified atom stereocenters. The van der Waals surface area contributed by atoms with Gasteiger partial charge >= 0.3 is 0 Å². The van der Waals surface area contributed by atoms with Crippen LogP contribution in [0.1, 0.15) is 46.0 Å². The summed E-state index contributed by atoms with van der Waals surface area (Å²) in [5.41, 5.74) is -0.348. The second-order valence-electron chi connectivity index (χ2n) is 7.56. The van der Waals surface area contributed by atoms with Crippen LogP contribution in [-0.2, 0) is 9.53 Å². The predicted molar refractivity (Wildman–Crippen MR) is 91.7 cm³/mol. The number of ether oxygens (including phenoxy) is 1. The Hall–Kier alpha value is -0.360. The molecule has 6 heteroatoms. The summed E-state index contributed by atoms with van der Waals surface area (Å²) in [4.78, 5) is 14.9. The molecule has 1 amide bonds. The summed E-state index contributed by atoms with van der Waals surface area (Å²) in [6.45, 7) is 8.13. The van der Waals surface area contributed by atoms with E-state index in [1.807, 2.05) is 11.8 Å². The zero-order valence-electron chi connectivity index (χ0n) is 14.3. The van der Waals surface area contributed by atoms with Crippen molar-refractivity contribution < 1.29 is 14.6 Å². The van der Waals surface area contributed by atoms with E-state index in [0.29, 0.717) is 6.61 Å². The maximum Gasteiger partial charge on any atom is 0.229 e. The maximum absolute atomic E-state index is 12.9. The molecular weight excluding hydrogens is 316 g/mol. The highest BCUT2D eigenvalue weighted by Crippen LogP contribution is 2.51. The lowest BCUT2D eigenvalue weighted by molar-refractivity contribution is -0.211. The first-order valence-corrected chi connectivity index (χ1v) is 8.82. The molecule has 0 aromatic carbocycles. The molecule has 23 heavy (non-hydrogen) atoms. The Morgan fingerprint density at radius 1 is 1.35 bits per heavy atom. The topological polar surface area (TPSA) is 61.8 Å². The van der Waals surface area contributed by atoms with Crippen LogP contribution in [0.5, 0.6) is 0 Å². The lowest BCUT2D eigenvalue weighted by Crippen LogP contribution is -2.63. The van der Waals surface area contributed by atoms with E-state index in [1.54, 1.807) is 0 Å². The smallest absolute Gasteiger partial charge is 0.229 e. The van der Waals surface area contributed by atoms with Gasteiger partial charge in [0.25, 0.3) is 0 Å². The number of carbonyl (C=O) groups is 1. The Morgan fingerprint density at radius 2 is 2.04 bits per heavy atom. The Kier molecular flexibility index (Phi) is 5.99. The molecule has 1 saturated carbocycles. The van der Waals surface area contributed by atoms with Crippen LogP contribution >= 0.6 is 12.4 Å². The first-order valence-electron chi connectivity index (χ1n) is 8.82. The van der Waals surface area contributed by atoms with Gasteiger partial charge in [-0.1, -0.05) is 0 Å². The van der Waals surface area contributed by atoms with Gasteiger partial charge in [-0.3, -0.25) is 4.79 Å². The van der Waals surface area contributed by atoms with Crippen molar-refractivity contribution in [1.82, 2.24) is 10.2 Å². The highest BCUT2D eigenvalue weighted by atomic mass is 35.5. The molecule has 2 saturated heterocycles. The van der Waals surface area contributed by atoms with Gasteiger partial charge in [0.05, 0.1) is 17.6 Å². The van der Waals surface area contributed by atoms with E-state index in [2.05, 4.69) is 12.2 Å². The fourth-order valence-corrected chi connectivity index (χ4v) is 4.56. The van der Waals surface area contributed by atoms with E-state index in [9.17, 15) is 9.90 Å². The second kappa shape index (κ2) is 7.26. The monoisotopic (exact) mass is 346 g/mol. The molecule has 2 heterocycles. The fraction of sp³-hybridized carbons (Fsp3) is 0.941. The van der Waals surface area contributed by atoms with Crippen LogP contribution in [0.4, 0.5) is 0 Å². The molecule has 1 aliphatic carbocycles. The van der Waals surface area contributed by atoms with Crippen LogP contribution in [0.3, 0.4) is 0 Å². The van der Waals surface area contributed by atoms with Crippen LogP contribution in [0.15, 0.2) is 0 Å². The number of aliphatic hydroxyl groups excluding tert-OH is 1.